The molecule has 0 aromatic carbocycles. The van der Waals surface area contributed by atoms with Crippen LogP contribution in [-0.2, 0) is 17.2 Å². The molecule has 0 unspecified atom stereocenters. The first-order valence-corrected chi connectivity index (χ1v) is 7.16. The topological polar surface area (TPSA) is 39.9 Å². The zero-order chi connectivity index (χ0) is 13.7. The quantitative estimate of drug-likeness (QED) is 0.577. The number of imidazole rings is 1. The first-order chi connectivity index (χ1) is 9.26. The number of aryl methyl sites for hydroxylation is 2. The molecule has 5 heteroatoms. The summed E-state index contributed by atoms with van der Waals surface area (Å²) in [4.78, 5) is 9.03. The molecule has 19 heavy (non-hydrogen) atoms. The Hall–Kier alpha value is -1.13. The second-order valence-electron chi connectivity index (χ2n) is 4.72. The van der Waals surface area contributed by atoms with Crippen molar-refractivity contribution in [3.05, 3.63) is 23.7 Å². The smallest absolute Gasteiger partial charge is 0.160 e. The van der Waals surface area contributed by atoms with Gasteiger partial charge in [-0.25, -0.2) is 9.97 Å². The highest BCUT2D eigenvalue weighted by molar-refractivity contribution is 6.16. The second kappa shape index (κ2) is 6.87. The van der Waals surface area contributed by atoms with Gasteiger partial charge in [0.1, 0.15) is 11.3 Å². The van der Waals surface area contributed by atoms with Crippen LogP contribution in [0.2, 0.25) is 0 Å². The molecule has 0 amide bonds. The van der Waals surface area contributed by atoms with Gasteiger partial charge < -0.3 is 9.30 Å². The maximum absolute atomic E-state index is 5.97. The molecule has 0 saturated heterocycles. The molecule has 2 rings (SSSR count). The minimum atomic E-state index is 0.424. The van der Waals surface area contributed by atoms with Crippen LogP contribution in [0.1, 0.15) is 30.7 Å². The number of aromatic nitrogens is 3. The van der Waals surface area contributed by atoms with Crippen molar-refractivity contribution in [1.29, 1.82) is 0 Å². The molecule has 0 atom stereocenters. The Kier molecular flexibility index (Phi) is 5.16. The molecule has 104 valence electrons. The number of pyridine rings is 1. The van der Waals surface area contributed by atoms with Crippen LogP contribution in [0.3, 0.4) is 0 Å². The molecule has 0 aliphatic rings. The van der Waals surface area contributed by atoms with Crippen LogP contribution >= 0.6 is 11.6 Å². The Labute approximate surface area is 118 Å². The average molecular weight is 282 g/mol. The van der Waals surface area contributed by atoms with Gasteiger partial charge in [-0.05, 0) is 37.8 Å². The molecule has 2 aromatic heterocycles. The van der Waals surface area contributed by atoms with E-state index in [1.54, 1.807) is 7.11 Å². The van der Waals surface area contributed by atoms with Crippen LogP contribution in [0.15, 0.2) is 12.3 Å². The summed E-state index contributed by atoms with van der Waals surface area (Å²) in [7, 11) is 1.74. The minimum Gasteiger partial charge on any atom is -0.385 e. The van der Waals surface area contributed by atoms with Gasteiger partial charge in [-0.2, -0.15) is 0 Å². The number of hydrogen-bond acceptors (Lipinski definition) is 3. The third kappa shape index (κ3) is 3.45. The van der Waals surface area contributed by atoms with Crippen molar-refractivity contribution >= 4 is 22.8 Å². The largest absolute Gasteiger partial charge is 0.385 e. The van der Waals surface area contributed by atoms with Crippen LogP contribution < -0.4 is 0 Å². The minimum absolute atomic E-state index is 0.424. The lowest BCUT2D eigenvalue weighted by Gasteiger charge is -2.06. The highest BCUT2D eigenvalue weighted by Crippen LogP contribution is 2.17. The zero-order valence-corrected chi connectivity index (χ0v) is 12.3. The summed E-state index contributed by atoms with van der Waals surface area (Å²) >= 11 is 5.97. The SMILES string of the molecule is COCCCCCn1c(CCl)nc2cc(C)cnc21. The molecule has 0 fully saturated rings. The summed E-state index contributed by atoms with van der Waals surface area (Å²) in [5.41, 5.74) is 3.00. The van der Waals surface area contributed by atoms with E-state index in [4.69, 9.17) is 16.3 Å². The number of halogens is 1. The van der Waals surface area contributed by atoms with E-state index in [-0.39, 0.29) is 0 Å². The number of unbranched alkanes of at least 4 members (excludes halogenated alkanes) is 2. The van der Waals surface area contributed by atoms with Gasteiger partial charge in [0.15, 0.2) is 5.65 Å². The first kappa shape index (κ1) is 14.3. The highest BCUT2D eigenvalue weighted by Gasteiger charge is 2.10. The van der Waals surface area contributed by atoms with Crippen molar-refractivity contribution in [1.82, 2.24) is 14.5 Å². The van der Waals surface area contributed by atoms with Gasteiger partial charge in [-0.15, -0.1) is 11.6 Å². The van der Waals surface area contributed by atoms with Gasteiger partial charge in [0.25, 0.3) is 0 Å². The molecule has 0 aliphatic heterocycles. The lowest BCUT2D eigenvalue weighted by atomic mass is 10.2. The standard InChI is InChI=1S/C14H20ClN3O/c1-11-8-12-14(16-10-11)18(13(9-15)17-12)6-4-3-5-7-19-2/h8,10H,3-7,9H2,1-2H3. The summed E-state index contributed by atoms with van der Waals surface area (Å²) in [6.45, 7) is 3.76. The number of nitrogens with zero attached hydrogens (tertiary/aromatic N) is 3. The molecular formula is C14H20ClN3O. The van der Waals surface area contributed by atoms with Crippen molar-refractivity contribution in [2.45, 2.75) is 38.6 Å². The molecule has 0 bridgehead atoms. The van der Waals surface area contributed by atoms with Gasteiger partial charge in [0.05, 0.1) is 5.88 Å². The summed E-state index contributed by atoms with van der Waals surface area (Å²) in [6, 6.07) is 2.06. The predicted octanol–water partition coefficient (Wildman–Crippen LogP) is 3.30. The van der Waals surface area contributed by atoms with E-state index < -0.39 is 0 Å². The van der Waals surface area contributed by atoms with Crippen LogP contribution in [0.4, 0.5) is 0 Å². The van der Waals surface area contributed by atoms with Crippen molar-refractivity contribution in [3.8, 4) is 0 Å². The van der Waals surface area contributed by atoms with E-state index in [0.29, 0.717) is 5.88 Å². The van der Waals surface area contributed by atoms with E-state index >= 15 is 0 Å². The monoisotopic (exact) mass is 281 g/mol. The Morgan fingerprint density at radius 3 is 2.89 bits per heavy atom. The summed E-state index contributed by atoms with van der Waals surface area (Å²) in [6.07, 6.45) is 5.20. The van der Waals surface area contributed by atoms with E-state index in [2.05, 4.69) is 20.6 Å². The molecule has 0 spiro atoms. The number of rotatable bonds is 7. The fourth-order valence-electron chi connectivity index (χ4n) is 2.19. The van der Waals surface area contributed by atoms with Crippen molar-refractivity contribution in [3.63, 3.8) is 0 Å². The molecule has 0 radical (unpaired) electrons. The van der Waals surface area contributed by atoms with Crippen molar-refractivity contribution in [2.75, 3.05) is 13.7 Å². The Bertz CT molecular complexity index is 539. The third-order valence-electron chi connectivity index (χ3n) is 3.15. The second-order valence-corrected chi connectivity index (χ2v) is 4.99. The lowest BCUT2D eigenvalue weighted by molar-refractivity contribution is 0.191. The highest BCUT2D eigenvalue weighted by atomic mass is 35.5. The molecule has 2 aromatic rings. The molecule has 2 heterocycles. The third-order valence-corrected chi connectivity index (χ3v) is 3.39. The maximum Gasteiger partial charge on any atom is 0.160 e. The molecule has 0 saturated carbocycles. The fraction of sp³-hybridized carbons (Fsp3) is 0.571. The van der Waals surface area contributed by atoms with E-state index in [0.717, 1.165) is 55.0 Å². The number of alkyl halides is 1. The summed E-state index contributed by atoms with van der Waals surface area (Å²) < 4.78 is 7.19. The lowest BCUT2D eigenvalue weighted by Crippen LogP contribution is -2.04. The van der Waals surface area contributed by atoms with E-state index in [1.807, 2.05) is 13.1 Å². The maximum atomic E-state index is 5.97. The predicted molar refractivity (Wildman–Crippen MR) is 77.5 cm³/mol. The fourth-order valence-corrected chi connectivity index (χ4v) is 2.39. The molecular weight excluding hydrogens is 262 g/mol. The van der Waals surface area contributed by atoms with Crippen LogP contribution in [-0.4, -0.2) is 28.3 Å². The summed E-state index contributed by atoms with van der Waals surface area (Å²) in [5, 5.41) is 0. The zero-order valence-electron chi connectivity index (χ0n) is 11.5. The van der Waals surface area contributed by atoms with Crippen molar-refractivity contribution < 1.29 is 4.74 Å². The van der Waals surface area contributed by atoms with E-state index in [9.17, 15) is 0 Å². The Morgan fingerprint density at radius 1 is 1.32 bits per heavy atom. The number of fused-ring (bicyclic) bond motifs is 1. The molecule has 0 N–H and O–H groups in total. The van der Waals surface area contributed by atoms with Crippen LogP contribution in [0, 0.1) is 6.92 Å². The molecule has 0 aliphatic carbocycles. The van der Waals surface area contributed by atoms with Gasteiger partial charge >= 0.3 is 0 Å². The summed E-state index contributed by atoms with van der Waals surface area (Å²) in [5.74, 6) is 1.33. The van der Waals surface area contributed by atoms with Crippen LogP contribution in [0.5, 0.6) is 0 Å². The van der Waals surface area contributed by atoms with Crippen LogP contribution in [0.25, 0.3) is 11.2 Å². The van der Waals surface area contributed by atoms with E-state index in [1.165, 1.54) is 0 Å². The van der Waals surface area contributed by atoms with Gasteiger partial charge in [-0.1, -0.05) is 0 Å². The van der Waals surface area contributed by atoms with Gasteiger partial charge in [-0.3, -0.25) is 0 Å². The first-order valence-electron chi connectivity index (χ1n) is 6.63. The molecule has 4 nitrogen and oxygen atoms in total. The van der Waals surface area contributed by atoms with Gasteiger partial charge in [0.2, 0.25) is 0 Å². The number of hydrogen-bond donors (Lipinski definition) is 0. The number of ether oxygens (including phenoxy) is 1. The van der Waals surface area contributed by atoms with Gasteiger partial charge in [0, 0.05) is 26.5 Å². The Balaban J connectivity index is 2.11. The normalized spacial score (nSPS) is 11.3. The van der Waals surface area contributed by atoms with Crippen molar-refractivity contribution in [2.24, 2.45) is 0 Å². The average Bonchev–Trinajstić information content (AvgIpc) is 2.75. The Morgan fingerprint density at radius 2 is 2.16 bits per heavy atom. The number of methoxy groups -OCH3 is 1.